The molecule has 123 heavy (non-hydrogen) atoms. The molecule has 0 saturated heterocycles. The number of aliphatic imine (C=N–C) groups is 1. The number of carbonyl (C=O) groups excluding carboxylic acids is 2. The predicted molar refractivity (Wildman–Crippen MR) is 519 cm³/mol. The van der Waals surface area contributed by atoms with Gasteiger partial charge in [-0.1, -0.05) is 381 Å². The third kappa shape index (κ3) is 14.9. The number of allylic oxidation sites excluding steroid dienone is 4. The summed E-state index contributed by atoms with van der Waals surface area (Å²) < 4.78 is 5.00. The number of aryl methyl sites for hydroxylation is 4. The van der Waals surface area contributed by atoms with Gasteiger partial charge in [-0.15, -0.1) is 22.0 Å². The van der Waals surface area contributed by atoms with Crippen LogP contribution in [-0.4, -0.2) is 53.2 Å². The number of aromatic amines is 1. The van der Waals surface area contributed by atoms with Crippen molar-refractivity contribution in [3.63, 3.8) is 0 Å². The maximum absolute atomic E-state index is 13.2. The van der Waals surface area contributed by atoms with Crippen LogP contribution in [0, 0.1) is 0 Å². The molecule has 11 aliphatic rings. The lowest BCUT2D eigenvalue weighted by atomic mass is 9.73. The molecule has 3 aliphatic heterocycles. The van der Waals surface area contributed by atoms with Gasteiger partial charge in [-0.2, -0.15) is 5.10 Å². The Bertz CT molecular complexity index is 7160. The summed E-state index contributed by atoms with van der Waals surface area (Å²) in [6, 6.07) is 102. The molecule has 13 aromatic carbocycles. The van der Waals surface area contributed by atoms with Crippen LogP contribution in [0.5, 0.6) is 0 Å². The molecule has 1 N–H and O–H groups in total. The molecule has 14 heteroatoms. The summed E-state index contributed by atoms with van der Waals surface area (Å²) in [5.74, 6) is 0.997. The molecular weight excluding hydrogens is 1600 g/mol. The van der Waals surface area contributed by atoms with Crippen LogP contribution in [0.2, 0.25) is 0 Å². The highest BCUT2D eigenvalue weighted by Crippen LogP contribution is 2.66. The molecule has 6 heterocycles. The number of fused-ring (bicyclic) bond motifs is 22. The lowest BCUT2D eigenvalue weighted by Crippen LogP contribution is -2.19. The number of aromatic nitrogens is 5. The van der Waals surface area contributed by atoms with Gasteiger partial charge in [0.2, 0.25) is 0 Å². The molecule has 16 aromatic rings. The van der Waals surface area contributed by atoms with E-state index < -0.39 is 0 Å². The minimum absolute atomic E-state index is 0.0407. The average Bonchev–Trinajstić information content (AvgIpc) is 1.12. The van der Waals surface area contributed by atoms with Gasteiger partial charge in [0.05, 0.1) is 42.7 Å². The molecule has 0 fully saturated rings. The zero-order valence-corrected chi connectivity index (χ0v) is 70.8. The Morgan fingerprint density at radius 2 is 0.805 bits per heavy atom. The van der Waals surface area contributed by atoms with Crippen molar-refractivity contribution in [1.82, 2.24) is 24.8 Å². The van der Waals surface area contributed by atoms with Gasteiger partial charge in [0.15, 0.2) is 22.6 Å². The van der Waals surface area contributed by atoms with E-state index >= 15 is 0 Å². The topological polar surface area (TPSA) is 122 Å². The van der Waals surface area contributed by atoms with Gasteiger partial charge in [0, 0.05) is 63.8 Å². The monoisotopic (exact) mass is 1680 g/mol. The van der Waals surface area contributed by atoms with E-state index in [9.17, 15) is 14.4 Å². The van der Waals surface area contributed by atoms with Crippen LogP contribution >= 0.6 is 58.8 Å². The molecule has 0 saturated carbocycles. The van der Waals surface area contributed by atoms with Crippen molar-refractivity contribution in [1.29, 1.82) is 0 Å². The SMILES string of the molecule is C1=CC2SCN=C2c2ccccc21.C1=Cc2c3c(ccc2=C1)=CC=C3.O=C1c2ccccc2C(=C2c3ccccc3C(=O)c3ccccc32)c2ccccc21.O=c1c2ccccc2ccc2ccccc12.c1ccc2c(c1)CCC1=C2S/C(=C2/SC3=C(S2)c2ccccc2CC3)S1.c1ccc2c(c1)CCc1cn[nH]c1-2.c1ccc2c(c1)ccc1nncn12. The Kier molecular flexibility index (Phi) is 21.3. The Labute approximate surface area is 733 Å². The Morgan fingerprint density at radius 3 is 1.35 bits per heavy atom. The minimum Gasteiger partial charge on any atom is -0.289 e. The van der Waals surface area contributed by atoms with E-state index in [0.29, 0.717) is 27.5 Å². The van der Waals surface area contributed by atoms with Crippen LogP contribution in [0.4, 0.5) is 0 Å². The standard InChI is InChI=1S/C28H16O2.C22H16S4.C15H10O.C12H8.C11H10N2.C11H9NS.C10H7N3/c29-27-21-13-5-1-9-17(21)25(18-10-2-6-14-22(18)27)26-19-11-3-7-15-23(19)28(30)24-16-8-4-12-20(24)26;1-3-7-15-13(5-1)9-11-17-19(15)25-21(23-17)22-24-18-12-10-14-6-2-4-8-16(14)20(18)26-22;16-15-13-7-3-1-5-11(13)9-10-12-6-2-4-8-14(12)15;1-3-9-7-8-10-4-2-6-12(10)11(9)5-1;1-2-4-10-8(3-1)5-6-9-7-12-13-11(9)10;1-2-4-9-8(3-1)5-6-10-11(9)12-7-13-10;1-2-4-9-8(3-1)5-6-10-12-11-7-13(9)10/h1-16H;1-8H,9-12H2;1-10H;1-8H;1-4,7H,5-6H2,(H,12,13);1-6,10H,7H2;1-7H/b;22-21-;;;;;. The first-order valence-corrected chi connectivity index (χ1v) is 45.7. The van der Waals surface area contributed by atoms with Crippen molar-refractivity contribution in [3.05, 3.63) is 473 Å². The largest absolute Gasteiger partial charge is 0.289 e. The van der Waals surface area contributed by atoms with E-state index in [4.69, 9.17) is 0 Å². The molecule has 1 unspecified atom stereocenters. The van der Waals surface area contributed by atoms with Crippen molar-refractivity contribution in [2.45, 2.75) is 43.8 Å². The van der Waals surface area contributed by atoms with E-state index in [2.05, 4.69) is 201 Å². The van der Waals surface area contributed by atoms with Crippen molar-refractivity contribution in [3.8, 4) is 11.3 Å². The zero-order chi connectivity index (χ0) is 82.3. The first kappa shape index (κ1) is 77.2. The first-order valence-electron chi connectivity index (χ1n) is 41.4. The Hall–Kier alpha value is -13.2. The number of H-pyrrole nitrogens is 1. The van der Waals surface area contributed by atoms with Crippen LogP contribution in [0.15, 0.2) is 362 Å². The molecule has 27 rings (SSSR count). The Balaban J connectivity index is 0.0000000910. The summed E-state index contributed by atoms with van der Waals surface area (Å²) >= 11 is 10.0. The summed E-state index contributed by atoms with van der Waals surface area (Å²) in [7, 11) is 0. The molecule has 0 radical (unpaired) electrons. The quantitative estimate of drug-likeness (QED) is 0.156. The van der Waals surface area contributed by atoms with E-state index in [1.807, 2.05) is 245 Å². The second-order valence-corrected chi connectivity index (χ2v) is 36.8. The highest BCUT2D eigenvalue weighted by molar-refractivity contribution is 8.37. The summed E-state index contributed by atoms with van der Waals surface area (Å²) in [5.41, 5.74) is 28.5. The molecule has 0 spiro atoms. The molecule has 0 amide bonds. The fourth-order valence-electron chi connectivity index (χ4n) is 17.9. The lowest BCUT2D eigenvalue weighted by Gasteiger charge is -2.29. The second kappa shape index (κ2) is 34.0. The number of carbonyl (C=O) groups is 2. The normalized spacial score (nSPS) is 16.4. The van der Waals surface area contributed by atoms with E-state index in [-0.39, 0.29) is 17.0 Å². The van der Waals surface area contributed by atoms with Crippen molar-refractivity contribution < 1.29 is 9.59 Å². The number of pyridine rings is 1. The number of rotatable bonds is 0. The van der Waals surface area contributed by atoms with Crippen LogP contribution in [-0.2, 0) is 25.7 Å². The van der Waals surface area contributed by atoms with E-state index in [1.54, 1.807) is 16.1 Å². The number of ketones is 2. The molecule has 9 nitrogen and oxygen atoms in total. The third-order valence-corrected chi connectivity index (χ3v) is 30.9. The minimum atomic E-state index is 0.0407. The fraction of sp³-hybridized carbons (Fsp3) is 0.0734. The van der Waals surface area contributed by atoms with Gasteiger partial charge in [-0.05, 0) is 167 Å². The highest BCUT2D eigenvalue weighted by atomic mass is 32.2. The maximum Gasteiger partial charge on any atom is 0.194 e. The number of nitrogens with one attached hydrogen (secondary N) is 1. The van der Waals surface area contributed by atoms with Gasteiger partial charge in [-0.25, -0.2) is 0 Å². The van der Waals surface area contributed by atoms with E-state index in [1.165, 1.54) is 132 Å². The zero-order valence-electron chi connectivity index (χ0n) is 66.7. The second-order valence-electron chi connectivity index (χ2n) is 30.9. The van der Waals surface area contributed by atoms with Gasteiger partial charge in [0.1, 0.15) is 6.33 Å². The van der Waals surface area contributed by atoms with Crippen molar-refractivity contribution in [2.75, 3.05) is 5.88 Å². The van der Waals surface area contributed by atoms with Crippen molar-refractivity contribution in [2.24, 2.45) is 4.99 Å². The first-order chi connectivity index (χ1) is 60.8. The number of nitrogens with zero attached hydrogens (tertiary/aromatic N) is 5. The molecule has 3 aromatic heterocycles. The van der Waals surface area contributed by atoms with Gasteiger partial charge in [0.25, 0.3) is 0 Å². The predicted octanol–water partition coefficient (Wildman–Crippen LogP) is 24.8. The van der Waals surface area contributed by atoms with Gasteiger partial charge >= 0.3 is 0 Å². The van der Waals surface area contributed by atoms with Crippen LogP contribution < -0.4 is 15.9 Å². The third-order valence-electron chi connectivity index (χ3n) is 23.9. The van der Waals surface area contributed by atoms with Crippen LogP contribution in [0.25, 0.3) is 101 Å². The molecule has 590 valence electrons. The lowest BCUT2D eigenvalue weighted by molar-refractivity contribution is 0.102. The van der Waals surface area contributed by atoms with E-state index in [0.717, 1.165) is 84.8 Å². The molecule has 0 bridgehead atoms. The number of hydrogen-bond donors (Lipinski definition) is 1. The van der Waals surface area contributed by atoms with Gasteiger partial charge < -0.3 is 0 Å². The van der Waals surface area contributed by atoms with Gasteiger partial charge in [-0.3, -0.25) is 28.9 Å². The number of hydrogen-bond acceptors (Lipinski definition) is 12. The average molecular weight is 1680 g/mol. The maximum atomic E-state index is 13.2. The molecular formula is C109H76N6O3S5. The van der Waals surface area contributed by atoms with Crippen LogP contribution in [0.1, 0.15) is 123 Å². The highest BCUT2D eigenvalue weighted by Gasteiger charge is 2.37. The number of thioether (sulfide) groups is 5. The molecule has 8 aliphatic carbocycles. The summed E-state index contributed by atoms with van der Waals surface area (Å²) in [6.45, 7) is 0. The summed E-state index contributed by atoms with van der Waals surface area (Å²) in [5, 5.41) is 22.9. The van der Waals surface area contributed by atoms with Crippen LogP contribution in [0.3, 0.4) is 0 Å². The summed E-state index contributed by atoms with van der Waals surface area (Å²) in [6.07, 6.45) is 28.0. The smallest absolute Gasteiger partial charge is 0.194 e. The van der Waals surface area contributed by atoms with Crippen molar-refractivity contribution >= 4 is 166 Å². The molecule has 1 atom stereocenters. The fourth-order valence-corrected chi connectivity index (χ4v) is 24.8. The Morgan fingerprint density at radius 1 is 0.374 bits per heavy atom. The number of para-hydroxylation sites is 1. The summed E-state index contributed by atoms with van der Waals surface area (Å²) in [4.78, 5) is 49.4. The number of benzene rings is 12.